The molecule has 0 amide bonds. The van der Waals surface area contributed by atoms with Crippen LogP contribution in [0.2, 0.25) is 0 Å². The van der Waals surface area contributed by atoms with E-state index in [1.54, 1.807) is 4.68 Å². The van der Waals surface area contributed by atoms with Crippen LogP contribution < -0.4 is 11.2 Å². The Morgan fingerprint density at radius 3 is 2.50 bits per heavy atom. The normalized spacial score (nSPS) is 30.4. The van der Waals surface area contributed by atoms with Gasteiger partial charge in [-0.3, -0.25) is 4.68 Å². The highest BCUT2D eigenvalue weighted by Crippen LogP contribution is 2.44. The van der Waals surface area contributed by atoms with Gasteiger partial charge < -0.3 is 19.9 Å². The van der Waals surface area contributed by atoms with Crippen LogP contribution in [0.15, 0.2) is 6.20 Å². The quantitative estimate of drug-likeness (QED) is 0.668. The Balaban J connectivity index is 1.89. The fourth-order valence-corrected chi connectivity index (χ4v) is 3.28. The lowest BCUT2D eigenvalue weighted by Crippen LogP contribution is -2.48. The maximum atomic E-state index is 9.06. The summed E-state index contributed by atoms with van der Waals surface area (Å²) in [4.78, 5) is 3.53. The zero-order valence-electron chi connectivity index (χ0n) is 14.5. The second-order valence-electron chi connectivity index (χ2n) is 7.78. The first kappa shape index (κ1) is 16.8. The Labute approximate surface area is 142 Å². The average molecular weight is 327 g/mol. The van der Waals surface area contributed by atoms with Crippen molar-refractivity contribution in [2.24, 2.45) is 5.92 Å². The number of nitriles is 1. The number of hydrogen-bond donors (Lipinski definition) is 1. The third-order valence-electron chi connectivity index (χ3n) is 5.57. The van der Waals surface area contributed by atoms with E-state index in [1.165, 1.54) is 0 Å². The molecular formula is C16H22BN5O2. The molecule has 2 N–H and O–H groups in total. The molecule has 0 radical (unpaired) electrons. The molecule has 1 aliphatic carbocycles. The molecule has 1 aromatic heterocycles. The van der Waals surface area contributed by atoms with Gasteiger partial charge in [-0.15, -0.1) is 0 Å². The second-order valence-corrected chi connectivity index (χ2v) is 7.78. The van der Waals surface area contributed by atoms with E-state index in [2.05, 4.69) is 16.0 Å². The van der Waals surface area contributed by atoms with Crippen LogP contribution in [0.5, 0.6) is 0 Å². The Kier molecular flexibility index (Phi) is 3.67. The van der Waals surface area contributed by atoms with Gasteiger partial charge in [0, 0.05) is 11.7 Å². The van der Waals surface area contributed by atoms with E-state index in [1.807, 2.05) is 33.9 Å². The van der Waals surface area contributed by atoms with Crippen molar-refractivity contribution in [3.63, 3.8) is 0 Å². The second kappa shape index (κ2) is 5.24. The first-order chi connectivity index (χ1) is 11.1. The van der Waals surface area contributed by atoms with Crippen molar-refractivity contribution in [2.45, 2.75) is 57.3 Å². The molecule has 1 saturated heterocycles. The van der Waals surface area contributed by atoms with Crippen LogP contribution in [0.4, 0.5) is 5.82 Å². The predicted octanol–water partition coefficient (Wildman–Crippen LogP) is 1.31. The first-order valence-corrected chi connectivity index (χ1v) is 8.08. The minimum absolute atomic E-state index is 0.0301. The highest BCUT2D eigenvalue weighted by Gasteiger charge is 2.54. The molecule has 24 heavy (non-hydrogen) atoms. The molecule has 1 aromatic rings. The maximum Gasteiger partial charge on any atom is 0.500 e. The molecule has 2 aliphatic rings. The van der Waals surface area contributed by atoms with Gasteiger partial charge in [-0.05, 0) is 40.5 Å². The van der Waals surface area contributed by atoms with Crippen LogP contribution in [-0.2, 0) is 14.8 Å². The molecule has 8 heteroatoms. The summed E-state index contributed by atoms with van der Waals surface area (Å²) in [5.41, 5.74) is 5.42. The van der Waals surface area contributed by atoms with Crippen molar-refractivity contribution in [1.29, 1.82) is 5.26 Å². The van der Waals surface area contributed by atoms with E-state index >= 15 is 0 Å². The molecule has 0 unspecified atom stereocenters. The lowest BCUT2D eigenvalue weighted by molar-refractivity contribution is 0.00578. The number of nitrogen functional groups attached to an aromatic ring is 1. The molecule has 0 bridgehead atoms. The lowest BCUT2D eigenvalue weighted by Gasteiger charge is -2.40. The smallest absolute Gasteiger partial charge is 0.399 e. The summed E-state index contributed by atoms with van der Waals surface area (Å²) < 4.78 is 13.8. The van der Waals surface area contributed by atoms with Crippen molar-refractivity contribution in [3.8, 4) is 6.07 Å². The van der Waals surface area contributed by atoms with Gasteiger partial charge in [-0.25, -0.2) is 6.57 Å². The highest BCUT2D eigenvalue weighted by atomic mass is 16.7. The molecule has 2 heterocycles. The van der Waals surface area contributed by atoms with Crippen LogP contribution in [0.3, 0.4) is 0 Å². The van der Waals surface area contributed by atoms with E-state index < -0.39 is 23.9 Å². The van der Waals surface area contributed by atoms with Crippen molar-refractivity contribution in [1.82, 2.24) is 9.78 Å². The van der Waals surface area contributed by atoms with Crippen LogP contribution in [0.25, 0.3) is 4.85 Å². The van der Waals surface area contributed by atoms with Gasteiger partial charge >= 0.3 is 7.12 Å². The molecule has 0 aromatic carbocycles. The minimum atomic E-state index is -0.583. The molecule has 1 saturated carbocycles. The summed E-state index contributed by atoms with van der Waals surface area (Å²) in [5.74, 6) is 0.315. The Morgan fingerprint density at radius 2 is 2.00 bits per heavy atom. The molecule has 2 fully saturated rings. The lowest BCUT2D eigenvalue weighted by atomic mass is 9.69. The summed E-state index contributed by atoms with van der Waals surface area (Å²) in [6.45, 7) is 15.4. The number of hydrogen-bond acceptors (Lipinski definition) is 5. The largest absolute Gasteiger partial charge is 0.500 e. The Bertz CT molecular complexity index is 721. The van der Waals surface area contributed by atoms with Crippen LogP contribution in [0.1, 0.15) is 40.5 Å². The minimum Gasteiger partial charge on any atom is -0.399 e. The number of nitrogens with two attached hydrogens (primary N) is 1. The highest BCUT2D eigenvalue weighted by molar-refractivity contribution is 6.63. The van der Waals surface area contributed by atoms with Crippen molar-refractivity contribution < 1.29 is 9.31 Å². The predicted molar refractivity (Wildman–Crippen MR) is 90.1 cm³/mol. The molecular weight excluding hydrogens is 305 g/mol. The average Bonchev–Trinajstić information content (AvgIpc) is 2.92. The fraction of sp³-hybridized carbons (Fsp3) is 0.688. The number of rotatable bonds is 3. The standard InChI is InChI=1S/C16H22BN5O2/c1-14(2)15(3,4)24-17(23-14)12-9-22(21-13(12)19)16(10-20-5)6-11(7-16)8-18/h9,11H,6-7,10H2,1-4H3,(H2,19,21). The van der Waals surface area contributed by atoms with Crippen molar-refractivity contribution >= 4 is 18.4 Å². The molecule has 1 aliphatic heterocycles. The molecule has 3 rings (SSSR count). The van der Waals surface area contributed by atoms with E-state index in [-0.39, 0.29) is 12.5 Å². The van der Waals surface area contributed by atoms with E-state index in [0.717, 1.165) is 0 Å². The molecule has 0 atom stereocenters. The maximum absolute atomic E-state index is 9.06. The van der Waals surface area contributed by atoms with Gasteiger partial charge in [0.15, 0.2) is 0 Å². The van der Waals surface area contributed by atoms with Gasteiger partial charge in [0.05, 0.1) is 23.2 Å². The molecule has 7 nitrogen and oxygen atoms in total. The van der Waals surface area contributed by atoms with Gasteiger partial charge in [0.25, 0.3) is 0 Å². The zero-order valence-corrected chi connectivity index (χ0v) is 14.5. The molecule has 0 spiro atoms. The van der Waals surface area contributed by atoms with E-state index in [9.17, 15) is 0 Å². The summed E-state index contributed by atoms with van der Waals surface area (Å²) in [5, 5.41) is 13.5. The molecule has 126 valence electrons. The summed E-state index contributed by atoms with van der Waals surface area (Å²) in [7, 11) is -0.583. The Hall–Kier alpha value is -2.03. The topological polar surface area (TPSA) is 90.4 Å². The number of anilines is 1. The van der Waals surface area contributed by atoms with Gasteiger partial charge in [-0.1, -0.05) is 0 Å². The number of aromatic nitrogens is 2. The Morgan fingerprint density at radius 1 is 1.42 bits per heavy atom. The monoisotopic (exact) mass is 327 g/mol. The summed E-state index contributed by atoms with van der Waals surface area (Å²) in [6, 6.07) is 2.26. The van der Waals surface area contributed by atoms with Crippen LogP contribution in [-0.4, -0.2) is 34.6 Å². The van der Waals surface area contributed by atoms with Crippen molar-refractivity contribution in [2.75, 3.05) is 12.3 Å². The van der Waals surface area contributed by atoms with Crippen LogP contribution in [0, 0.1) is 23.8 Å². The first-order valence-electron chi connectivity index (χ1n) is 8.08. The van der Waals surface area contributed by atoms with Crippen molar-refractivity contribution in [3.05, 3.63) is 17.6 Å². The number of nitrogens with zero attached hydrogens (tertiary/aromatic N) is 4. The van der Waals surface area contributed by atoms with E-state index in [4.69, 9.17) is 26.9 Å². The fourth-order valence-electron chi connectivity index (χ4n) is 3.28. The third kappa shape index (κ3) is 2.38. The van der Waals surface area contributed by atoms with Gasteiger partial charge in [0.1, 0.15) is 11.4 Å². The van der Waals surface area contributed by atoms with Crippen LogP contribution >= 0.6 is 0 Å². The third-order valence-corrected chi connectivity index (χ3v) is 5.57. The van der Waals surface area contributed by atoms with Gasteiger partial charge in [0.2, 0.25) is 6.54 Å². The SMILES string of the molecule is [C-]#[N+]CC1(n2cc(B3OC(C)(C)C(C)(C)O3)c(N)n2)CC(C#N)C1. The van der Waals surface area contributed by atoms with Gasteiger partial charge in [-0.2, -0.15) is 10.4 Å². The zero-order chi connectivity index (χ0) is 17.8. The summed E-state index contributed by atoms with van der Waals surface area (Å²) in [6.07, 6.45) is 3.06. The summed E-state index contributed by atoms with van der Waals surface area (Å²) >= 11 is 0. The van der Waals surface area contributed by atoms with E-state index in [0.29, 0.717) is 24.1 Å².